The molecule has 0 spiro atoms. The van der Waals surface area contributed by atoms with Crippen molar-refractivity contribution in [2.45, 2.75) is 30.2 Å². The maximum absolute atomic E-state index is 13.3. The molecule has 0 atom stereocenters. The number of carbonyl (C=O) groups excluding carboxylic acids is 1. The molecule has 6 nitrogen and oxygen atoms in total. The molecule has 28 heavy (non-hydrogen) atoms. The van der Waals surface area contributed by atoms with Gasteiger partial charge >= 0.3 is 0 Å². The first-order chi connectivity index (χ1) is 13.2. The van der Waals surface area contributed by atoms with Gasteiger partial charge in [-0.1, -0.05) is 11.6 Å². The van der Waals surface area contributed by atoms with Crippen molar-refractivity contribution in [3.8, 4) is 0 Å². The van der Waals surface area contributed by atoms with Gasteiger partial charge in [0, 0.05) is 32.2 Å². The van der Waals surface area contributed by atoms with E-state index in [1.807, 2.05) is 0 Å². The van der Waals surface area contributed by atoms with Gasteiger partial charge in [0.15, 0.2) is 0 Å². The Morgan fingerprint density at radius 1 is 1.21 bits per heavy atom. The third-order valence-electron chi connectivity index (χ3n) is 4.89. The van der Waals surface area contributed by atoms with E-state index in [4.69, 9.17) is 11.6 Å². The van der Waals surface area contributed by atoms with Crippen LogP contribution in [0.25, 0.3) is 0 Å². The van der Waals surface area contributed by atoms with Crippen molar-refractivity contribution in [3.05, 3.63) is 29.0 Å². The minimum atomic E-state index is -3.86. The van der Waals surface area contributed by atoms with Crippen LogP contribution in [0.2, 0.25) is 5.02 Å². The first kappa shape index (κ1) is 21.4. The largest absolute Gasteiger partial charge is 0.339 e. The van der Waals surface area contributed by atoms with Crippen molar-refractivity contribution in [2.24, 2.45) is 0 Å². The molecule has 1 aromatic rings. The number of nitrogens with zero attached hydrogens (tertiary/aromatic N) is 3. The fourth-order valence-electron chi connectivity index (χ4n) is 3.20. The SMILES string of the molecule is O=C(CN(CC(F)F)C1CC1)N1CCN(S(=O)(=O)c2ccc(F)c(Cl)c2)CC1. The van der Waals surface area contributed by atoms with Crippen LogP contribution in [0.5, 0.6) is 0 Å². The second-order valence-corrected chi connectivity index (χ2v) is 9.26. The van der Waals surface area contributed by atoms with Gasteiger partial charge in [-0.3, -0.25) is 9.69 Å². The summed E-state index contributed by atoms with van der Waals surface area (Å²) in [6.45, 7) is -0.0472. The fourth-order valence-corrected chi connectivity index (χ4v) is 4.89. The summed E-state index contributed by atoms with van der Waals surface area (Å²) in [5, 5.41) is -0.283. The number of sulfonamides is 1. The molecule has 156 valence electrons. The van der Waals surface area contributed by atoms with Crippen molar-refractivity contribution in [1.82, 2.24) is 14.1 Å². The smallest absolute Gasteiger partial charge is 0.251 e. The van der Waals surface area contributed by atoms with Crippen LogP contribution < -0.4 is 0 Å². The van der Waals surface area contributed by atoms with Crippen LogP contribution >= 0.6 is 11.6 Å². The zero-order chi connectivity index (χ0) is 20.5. The van der Waals surface area contributed by atoms with Crippen molar-refractivity contribution in [1.29, 1.82) is 0 Å². The van der Waals surface area contributed by atoms with Crippen molar-refractivity contribution in [3.63, 3.8) is 0 Å². The number of piperazine rings is 1. The van der Waals surface area contributed by atoms with Crippen LogP contribution in [-0.4, -0.2) is 80.2 Å². The molecule has 1 saturated carbocycles. The van der Waals surface area contributed by atoms with E-state index >= 15 is 0 Å². The van der Waals surface area contributed by atoms with Crippen molar-refractivity contribution in [2.75, 3.05) is 39.3 Å². The number of amides is 1. The highest BCUT2D eigenvalue weighted by atomic mass is 35.5. The van der Waals surface area contributed by atoms with Crippen molar-refractivity contribution >= 4 is 27.5 Å². The highest BCUT2D eigenvalue weighted by Crippen LogP contribution is 2.27. The second-order valence-electron chi connectivity index (χ2n) is 6.91. The highest BCUT2D eigenvalue weighted by molar-refractivity contribution is 7.89. The highest BCUT2D eigenvalue weighted by Gasteiger charge is 2.35. The van der Waals surface area contributed by atoms with Crippen LogP contribution in [0.4, 0.5) is 13.2 Å². The second kappa shape index (κ2) is 8.56. The lowest BCUT2D eigenvalue weighted by molar-refractivity contribution is -0.134. The van der Waals surface area contributed by atoms with E-state index in [2.05, 4.69) is 0 Å². The molecule has 1 aromatic carbocycles. The van der Waals surface area contributed by atoms with Gasteiger partial charge in [0.25, 0.3) is 6.43 Å². The van der Waals surface area contributed by atoms with E-state index in [0.717, 1.165) is 31.0 Å². The van der Waals surface area contributed by atoms with Crippen LogP contribution in [0.1, 0.15) is 12.8 Å². The molecule has 0 aromatic heterocycles. The molecule has 1 aliphatic carbocycles. The molecule has 2 aliphatic rings. The predicted molar refractivity (Wildman–Crippen MR) is 97.3 cm³/mol. The molecule has 0 radical (unpaired) electrons. The molecule has 1 amide bonds. The Morgan fingerprint density at radius 3 is 2.39 bits per heavy atom. The summed E-state index contributed by atoms with van der Waals surface area (Å²) in [4.78, 5) is 15.3. The average Bonchev–Trinajstić information content (AvgIpc) is 3.48. The third-order valence-corrected chi connectivity index (χ3v) is 7.08. The fraction of sp³-hybridized carbons (Fsp3) is 0.588. The molecule has 1 heterocycles. The van der Waals surface area contributed by atoms with Gasteiger partial charge < -0.3 is 4.90 Å². The normalized spacial score (nSPS) is 18.9. The Hall–Kier alpha value is -1.36. The van der Waals surface area contributed by atoms with Gasteiger partial charge in [-0.15, -0.1) is 0 Å². The van der Waals surface area contributed by atoms with Gasteiger partial charge in [0.05, 0.1) is 23.0 Å². The number of hydrogen-bond donors (Lipinski definition) is 0. The quantitative estimate of drug-likeness (QED) is 0.652. The minimum Gasteiger partial charge on any atom is -0.339 e. The van der Waals surface area contributed by atoms with E-state index in [9.17, 15) is 26.4 Å². The lowest BCUT2D eigenvalue weighted by Crippen LogP contribution is -2.53. The molecule has 1 saturated heterocycles. The van der Waals surface area contributed by atoms with Crippen molar-refractivity contribution < 1.29 is 26.4 Å². The number of benzene rings is 1. The van der Waals surface area contributed by atoms with Crippen LogP contribution in [-0.2, 0) is 14.8 Å². The molecule has 1 aliphatic heterocycles. The standard InChI is InChI=1S/C17H21ClF3N3O3S/c18-14-9-13(3-4-15(14)19)28(26,27)24-7-5-22(6-8-24)17(25)11-23(10-16(20)21)12-1-2-12/h3-4,9,12,16H,1-2,5-8,10-11H2. The predicted octanol–water partition coefficient (Wildman–Crippen LogP) is 2.04. The number of hydrogen-bond acceptors (Lipinski definition) is 4. The third kappa shape index (κ3) is 4.97. The molecular weight excluding hydrogens is 419 g/mol. The van der Waals surface area contributed by atoms with E-state index < -0.39 is 28.8 Å². The Labute approximate surface area is 166 Å². The zero-order valence-corrected chi connectivity index (χ0v) is 16.6. The van der Waals surface area contributed by atoms with Gasteiger partial charge in [-0.25, -0.2) is 21.6 Å². The van der Waals surface area contributed by atoms with Crippen LogP contribution in [0.3, 0.4) is 0 Å². The summed E-state index contributed by atoms with van der Waals surface area (Å²) in [6, 6.07) is 3.22. The summed E-state index contributed by atoms with van der Waals surface area (Å²) < 4.78 is 65.2. The molecular formula is C17H21ClF3N3O3S. The number of rotatable bonds is 7. The summed E-state index contributed by atoms with van der Waals surface area (Å²) in [6.07, 6.45) is -0.878. The minimum absolute atomic E-state index is 0.0304. The van der Waals surface area contributed by atoms with Gasteiger partial charge in [0.2, 0.25) is 15.9 Å². The first-order valence-corrected chi connectivity index (χ1v) is 10.8. The Morgan fingerprint density at radius 2 is 1.86 bits per heavy atom. The number of carbonyl (C=O) groups is 1. The first-order valence-electron chi connectivity index (χ1n) is 8.93. The lowest BCUT2D eigenvalue weighted by Gasteiger charge is -2.35. The average molecular weight is 440 g/mol. The molecule has 0 bridgehead atoms. The molecule has 0 N–H and O–H groups in total. The van der Waals surface area contributed by atoms with Crippen LogP contribution in [0, 0.1) is 5.82 Å². The molecule has 0 unspecified atom stereocenters. The summed E-state index contributed by atoms with van der Waals surface area (Å²) in [5.74, 6) is -0.991. The molecule has 3 rings (SSSR count). The summed E-state index contributed by atoms with van der Waals surface area (Å²) in [7, 11) is -3.86. The zero-order valence-electron chi connectivity index (χ0n) is 15.0. The van der Waals surface area contributed by atoms with E-state index in [0.29, 0.717) is 0 Å². The maximum Gasteiger partial charge on any atom is 0.251 e. The Bertz CT molecular complexity index is 828. The van der Waals surface area contributed by atoms with Crippen LogP contribution in [0.15, 0.2) is 23.1 Å². The van der Waals surface area contributed by atoms with E-state index in [1.54, 1.807) is 0 Å². The Balaban J connectivity index is 1.58. The maximum atomic E-state index is 13.3. The number of alkyl halides is 2. The summed E-state index contributed by atoms with van der Waals surface area (Å²) >= 11 is 5.67. The monoisotopic (exact) mass is 439 g/mol. The number of halogens is 4. The molecule has 2 fully saturated rings. The van der Waals surface area contributed by atoms with Gasteiger partial charge in [0.1, 0.15) is 5.82 Å². The summed E-state index contributed by atoms with van der Waals surface area (Å²) in [5.41, 5.74) is 0. The van der Waals surface area contributed by atoms with E-state index in [-0.39, 0.29) is 54.6 Å². The van der Waals surface area contributed by atoms with Gasteiger partial charge in [-0.05, 0) is 31.0 Å². The topological polar surface area (TPSA) is 60.9 Å². The Kier molecular flexibility index (Phi) is 6.53. The lowest BCUT2D eigenvalue weighted by atomic mass is 10.3. The van der Waals surface area contributed by atoms with E-state index in [1.165, 1.54) is 14.1 Å². The van der Waals surface area contributed by atoms with Gasteiger partial charge in [-0.2, -0.15) is 4.31 Å². The molecule has 11 heteroatoms.